The van der Waals surface area contributed by atoms with E-state index >= 15 is 0 Å². The van der Waals surface area contributed by atoms with E-state index in [9.17, 15) is 13.2 Å². The smallest absolute Gasteiger partial charge is 0.350 e. The number of hydrogen-bond donors (Lipinski definition) is 0. The van der Waals surface area contributed by atoms with Gasteiger partial charge in [0.25, 0.3) is 0 Å². The zero-order chi connectivity index (χ0) is 15.2. The summed E-state index contributed by atoms with van der Waals surface area (Å²) in [5.41, 5.74) is -0.555. The van der Waals surface area contributed by atoms with Crippen LogP contribution < -0.4 is 4.90 Å². The van der Waals surface area contributed by atoms with Gasteiger partial charge in [-0.3, -0.25) is 0 Å². The Bertz CT molecular complexity index is 654. The van der Waals surface area contributed by atoms with Crippen molar-refractivity contribution < 1.29 is 13.2 Å². The molecule has 0 spiro atoms. The third-order valence-corrected chi connectivity index (χ3v) is 4.29. The minimum Gasteiger partial charge on any atom is -0.350 e. The Labute approximate surface area is 124 Å². The summed E-state index contributed by atoms with van der Waals surface area (Å²) in [5, 5.41) is 3.58. The van der Waals surface area contributed by atoms with E-state index in [0.717, 1.165) is 19.0 Å². The molecule has 3 rings (SSSR count). The van der Waals surface area contributed by atoms with Crippen LogP contribution in [0.4, 0.5) is 19.0 Å². The molecule has 1 saturated heterocycles. The first-order valence-electron chi connectivity index (χ1n) is 6.66. The zero-order valence-corrected chi connectivity index (χ0v) is 12.1. The third-order valence-electron chi connectivity index (χ3n) is 3.97. The van der Waals surface area contributed by atoms with Crippen LogP contribution in [0.2, 0.25) is 0 Å². The molecule has 0 N–H and O–H groups in total. The number of aromatic nitrogens is 3. The van der Waals surface area contributed by atoms with Crippen LogP contribution in [0, 0.1) is 5.92 Å². The Morgan fingerprint density at radius 2 is 2.19 bits per heavy atom. The predicted molar refractivity (Wildman–Crippen MR) is 73.6 cm³/mol. The molecule has 2 aromatic rings. The summed E-state index contributed by atoms with van der Waals surface area (Å²) in [6.07, 6.45) is -0.638. The summed E-state index contributed by atoms with van der Waals surface area (Å²) in [6.45, 7) is 2.82. The number of anilines is 1. The van der Waals surface area contributed by atoms with Crippen LogP contribution in [-0.2, 0) is 6.18 Å². The molecule has 114 valence electrons. The Morgan fingerprint density at radius 1 is 1.43 bits per heavy atom. The fourth-order valence-electron chi connectivity index (χ4n) is 2.77. The second kappa shape index (κ2) is 5.05. The van der Waals surface area contributed by atoms with Crippen LogP contribution >= 0.6 is 11.6 Å². The van der Waals surface area contributed by atoms with Gasteiger partial charge in [0, 0.05) is 36.9 Å². The van der Waals surface area contributed by atoms with Crippen LogP contribution in [0.5, 0.6) is 0 Å². The maximum atomic E-state index is 12.8. The van der Waals surface area contributed by atoms with Crippen LogP contribution in [0.25, 0.3) is 5.52 Å². The molecule has 1 aliphatic heterocycles. The van der Waals surface area contributed by atoms with Gasteiger partial charge >= 0.3 is 6.18 Å². The minimum absolute atomic E-state index is 0.0783. The van der Waals surface area contributed by atoms with E-state index in [1.165, 1.54) is 16.9 Å². The third kappa shape index (κ3) is 2.43. The molecule has 0 bridgehead atoms. The fourth-order valence-corrected chi connectivity index (χ4v) is 3.25. The molecule has 1 aliphatic rings. The maximum absolute atomic E-state index is 12.8. The standard InChI is InChI=1S/C13H14ClF3N4/c1-8-2-4-20(10(8)7-14)12-9-6-11(13(15,16)17)19-21(9)5-3-18-12/h3,5-6,8,10H,2,4,7H2,1H3. The second-order valence-corrected chi connectivity index (χ2v) is 5.60. The largest absolute Gasteiger partial charge is 0.435 e. The molecule has 2 unspecified atom stereocenters. The zero-order valence-electron chi connectivity index (χ0n) is 11.3. The molecule has 1 fully saturated rings. The first-order valence-corrected chi connectivity index (χ1v) is 7.19. The molecular formula is C13H14ClF3N4. The molecule has 0 aliphatic carbocycles. The first-order chi connectivity index (χ1) is 9.91. The van der Waals surface area contributed by atoms with Crippen molar-refractivity contribution in [2.24, 2.45) is 5.92 Å². The fraction of sp³-hybridized carbons (Fsp3) is 0.538. The lowest BCUT2D eigenvalue weighted by atomic mass is 10.1. The number of nitrogens with zero attached hydrogens (tertiary/aromatic N) is 4. The average Bonchev–Trinajstić information content (AvgIpc) is 3.00. The molecule has 21 heavy (non-hydrogen) atoms. The summed E-state index contributed by atoms with van der Waals surface area (Å²) in [7, 11) is 0. The minimum atomic E-state index is -4.46. The van der Waals surface area contributed by atoms with Gasteiger partial charge < -0.3 is 4.90 Å². The van der Waals surface area contributed by atoms with Crippen molar-refractivity contribution in [1.29, 1.82) is 0 Å². The summed E-state index contributed by atoms with van der Waals surface area (Å²) >= 11 is 6.00. The lowest BCUT2D eigenvalue weighted by Crippen LogP contribution is -2.34. The van der Waals surface area contributed by atoms with Gasteiger partial charge in [-0.2, -0.15) is 18.3 Å². The van der Waals surface area contributed by atoms with Crippen molar-refractivity contribution in [2.75, 3.05) is 17.3 Å². The normalized spacial score (nSPS) is 23.2. The van der Waals surface area contributed by atoms with Crippen molar-refractivity contribution in [3.63, 3.8) is 0 Å². The topological polar surface area (TPSA) is 33.4 Å². The Hall–Kier alpha value is -1.50. The van der Waals surface area contributed by atoms with E-state index in [-0.39, 0.29) is 6.04 Å². The van der Waals surface area contributed by atoms with Crippen molar-refractivity contribution in [1.82, 2.24) is 14.6 Å². The van der Waals surface area contributed by atoms with E-state index in [2.05, 4.69) is 17.0 Å². The molecule has 4 nitrogen and oxygen atoms in total. The van der Waals surface area contributed by atoms with Crippen molar-refractivity contribution >= 4 is 22.9 Å². The van der Waals surface area contributed by atoms with Crippen LogP contribution in [0.1, 0.15) is 19.0 Å². The highest BCUT2D eigenvalue weighted by Crippen LogP contribution is 2.34. The van der Waals surface area contributed by atoms with Gasteiger partial charge in [0.15, 0.2) is 11.5 Å². The Morgan fingerprint density at radius 3 is 2.86 bits per heavy atom. The maximum Gasteiger partial charge on any atom is 0.435 e. The van der Waals surface area contributed by atoms with Gasteiger partial charge in [-0.05, 0) is 12.3 Å². The second-order valence-electron chi connectivity index (χ2n) is 5.29. The van der Waals surface area contributed by atoms with E-state index in [1.54, 1.807) is 0 Å². The monoisotopic (exact) mass is 318 g/mol. The molecule has 0 amide bonds. The average molecular weight is 319 g/mol. The van der Waals surface area contributed by atoms with E-state index < -0.39 is 11.9 Å². The summed E-state index contributed by atoms with van der Waals surface area (Å²) < 4.78 is 39.6. The van der Waals surface area contributed by atoms with Crippen molar-refractivity contribution in [3.8, 4) is 0 Å². The summed E-state index contributed by atoms with van der Waals surface area (Å²) in [5.74, 6) is 1.31. The quantitative estimate of drug-likeness (QED) is 0.797. The van der Waals surface area contributed by atoms with Gasteiger partial charge in [0.1, 0.15) is 5.52 Å². The lowest BCUT2D eigenvalue weighted by Gasteiger charge is -2.26. The Balaban J connectivity index is 2.09. The molecule has 8 heteroatoms. The highest BCUT2D eigenvalue weighted by atomic mass is 35.5. The van der Waals surface area contributed by atoms with Gasteiger partial charge in [-0.15, -0.1) is 11.6 Å². The van der Waals surface area contributed by atoms with Gasteiger partial charge in [0.05, 0.1) is 0 Å². The molecule has 0 aromatic carbocycles. The SMILES string of the molecule is CC1CCN(c2nccn3nc(C(F)(F)F)cc23)C1CCl. The number of hydrogen-bond acceptors (Lipinski definition) is 3. The lowest BCUT2D eigenvalue weighted by molar-refractivity contribution is -0.141. The molecular weight excluding hydrogens is 305 g/mol. The molecule has 0 radical (unpaired) electrons. The molecule has 3 heterocycles. The number of halogens is 4. The van der Waals surface area contributed by atoms with E-state index in [1.807, 2.05) is 4.90 Å². The van der Waals surface area contributed by atoms with Crippen molar-refractivity contribution in [3.05, 3.63) is 24.2 Å². The predicted octanol–water partition coefficient (Wildman–Crippen LogP) is 3.20. The highest BCUT2D eigenvalue weighted by Gasteiger charge is 2.36. The van der Waals surface area contributed by atoms with Gasteiger partial charge in [-0.25, -0.2) is 9.50 Å². The number of fused-ring (bicyclic) bond motifs is 1. The summed E-state index contributed by atoms with van der Waals surface area (Å²) in [4.78, 5) is 6.24. The van der Waals surface area contributed by atoms with Crippen molar-refractivity contribution in [2.45, 2.75) is 25.6 Å². The molecule has 2 atom stereocenters. The van der Waals surface area contributed by atoms with E-state index in [0.29, 0.717) is 23.1 Å². The first kappa shape index (κ1) is 14.4. The number of rotatable bonds is 2. The van der Waals surface area contributed by atoms with Crippen LogP contribution in [0.15, 0.2) is 18.5 Å². The van der Waals surface area contributed by atoms with Gasteiger partial charge in [0.2, 0.25) is 0 Å². The van der Waals surface area contributed by atoms with Crippen LogP contribution in [0.3, 0.4) is 0 Å². The summed E-state index contributed by atoms with van der Waals surface area (Å²) in [6, 6.07) is 1.12. The van der Waals surface area contributed by atoms with Gasteiger partial charge in [-0.1, -0.05) is 6.92 Å². The van der Waals surface area contributed by atoms with Crippen LogP contribution in [-0.4, -0.2) is 33.1 Å². The van der Waals surface area contributed by atoms with E-state index in [4.69, 9.17) is 11.6 Å². The molecule has 2 aromatic heterocycles. The Kier molecular flexibility index (Phi) is 3.47. The highest BCUT2D eigenvalue weighted by molar-refractivity contribution is 6.18. The molecule has 0 saturated carbocycles. The number of alkyl halides is 4.